The first kappa shape index (κ1) is 166. The van der Waals surface area contributed by atoms with Gasteiger partial charge in [0, 0.05) is 34.0 Å². The second kappa shape index (κ2) is 260. The Bertz CT molecular complexity index is 1430. The van der Waals surface area contributed by atoms with Crippen LogP contribution in [0.1, 0.15) is 387 Å². The zero-order valence-electron chi connectivity index (χ0n) is 78.6. The second-order valence-electron chi connectivity index (χ2n) is 11.5. The highest BCUT2D eigenvalue weighted by atomic mass is 16.5. The Kier molecular flexibility index (Phi) is 436. The van der Waals surface area contributed by atoms with Gasteiger partial charge in [0.15, 0.2) is 0 Å². The lowest BCUT2D eigenvalue weighted by molar-refractivity contribution is 0.277. The highest BCUT2D eigenvalue weighted by molar-refractivity contribution is 5.58. The molecule has 0 saturated carbocycles. The molecule has 0 spiro atoms. The fourth-order valence-corrected chi connectivity index (χ4v) is 5.05. The van der Waals surface area contributed by atoms with Gasteiger partial charge in [0.2, 0.25) is 0 Å². The van der Waals surface area contributed by atoms with Crippen molar-refractivity contribution >= 4 is 6.08 Å². The Morgan fingerprint density at radius 2 is 0.545 bits per heavy atom. The van der Waals surface area contributed by atoms with E-state index < -0.39 is 0 Å². The summed E-state index contributed by atoms with van der Waals surface area (Å²) < 4.78 is 19.7. The van der Waals surface area contributed by atoms with Gasteiger partial charge in [-0.25, -0.2) is 0 Å². The van der Waals surface area contributed by atoms with Gasteiger partial charge in [-0.05, 0) is 85.9 Å². The molecule has 0 aromatic heterocycles. The minimum absolute atomic E-state index is 0. The lowest BCUT2D eigenvalue weighted by Gasteiger charge is -2.25. The molecule has 1 aliphatic carbocycles. The lowest BCUT2D eigenvalue weighted by atomic mass is 9.88. The van der Waals surface area contributed by atoms with Gasteiger partial charge < -0.3 is 24.1 Å². The molecule has 5 heteroatoms. The van der Waals surface area contributed by atoms with Crippen LogP contribution in [0.5, 0.6) is 17.2 Å². The number of para-hydroxylation sites is 2. The number of phenolic OH excluding ortho intramolecular Hbond substituents is 1. The van der Waals surface area contributed by atoms with Crippen molar-refractivity contribution < 1.29 is 24.1 Å². The number of ether oxygens (including phenoxy) is 4. The van der Waals surface area contributed by atoms with Crippen LogP contribution in [0.4, 0.5) is 0 Å². The first-order valence-electron chi connectivity index (χ1n) is 41.2. The van der Waals surface area contributed by atoms with Crippen LogP contribution in [-0.2, 0) is 28.7 Å². The average molecular weight is 1410 g/mol. The van der Waals surface area contributed by atoms with E-state index in [-0.39, 0.29) is 7.43 Å². The summed E-state index contributed by atoms with van der Waals surface area (Å²) in [6.07, 6.45) is 11.7. The highest BCUT2D eigenvalue weighted by Gasteiger charge is 2.19. The van der Waals surface area contributed by atoms with Crippen molar-refractivity contribution in [2.45, 2.75) is 385 Å². The first-order chi connectivity index (χ1) is 48.5. The molecule has 2 aliphatic heterocycles. The molecule has 0 fully saturated rings. The van der Waals surface area contributed by atoms with Gasteiger partial charge >= 0.3 is 0 Å². The minimum atomic E-state index is 0. The van der Waals surface area contributed by atoms with Crippen LogP contribution in [-0.4, -0.2) is 46.8 Å². The molecule has 3 aliphatic rings. The molecule has 0 atom stereocenters. The summed E-state index contributed by atoms with van der Waals surface area (Å²) in [5.74, 6) is 2.60. The van der Waals surface area contributed by atoms with Gasteiger partial charge in [-0.2, -0.15) is 0 Å². The Balaban J connectivity index is -0.0000000279. The molecule has 0 unspecified atom stereocenters. The number of benzene rings is 5. The van der Waals surface area contributed by atoms with E-state index in [1.165, 1.54) is 66.5 Å². The van der Waals surface area contributed by atoms with E-state index in [1.807, 2.05) is 461 Å². The van der Waals surface area contributed by atoms with Gasteiger partial charge in [0.1, 0.15) is 23.9 Å². The molecule has 0 radical (unpaired) electrons. The molecule has 5 aromatic carbocycles. The van der Waals surface area contributed by atoms with Gasteiger partial charge in [-0.3, -0.25) is 0 Å². The predicted octanol–water partition coefficient (Wildman–Crippen LogP) is 35.8. The van der Waals surface area contributed by atoms with Gasteiger partial charge in [0.25, 0.3) is 0 Å². The summed E-state index contributed by atoms with van der Waals surface area (Å²) in [4.78, 5) is 0. The van der Waals surface area contributed by atoms with E-state index in [4.69, 9.17) is 14.6 Å². The minimum Gasteiger partial charge on any atom is -0.508 e. The highest BCUT2D eigenvalue weighted by Crippen LogP contribution is 2.35. The van der Waals surface area contributed by atoms with Crippen molar-refractivity contribution in [3.05, 3.63) is 167 Å². The molecule has 5 nitrogen and oxygen atoms in total. The number of hydrogen-bond acceptors (Lipinski definition) is 5. The number of rotatable bonds is 0. The monoisotopic (exact) mass is 1410 g/mol. The number of hydrogen-bond donors (Lipinski definition) is 1. The fourth-order valence-electron chi connectivity index (χ4n) is 5.05. The van der Waals surface area contributed by atoms with Crippen molar-refractivity contribution in [1.82, 2.24) is 0 Å². The molecule has 5 aromatic rings. The van der Waals surface area contributed by atoms with Crippen molar-refractivity contribution in [3.8, 4) is 17.2 Å². The van der Waals surface area contributed by atoms with Crippen LogP contribution in [0.3, 0.4) is 0 Å². The van der Waals surface area contributed by atoms with Gasteiger partial charge in [-0.15, -0.1) is 0 Å². The van der Waals surface area contributed by atoms with Crippen molar-refractivity contribution in [2.75, 3.05) is 41.7 Å². The maximum Gasteiger partial charge on any atom is 0.126 e. The van der Waals surface area contributed by atoms with E-state index in [9.17, 15) is 0 Å². The quantitative estimate of drug-likeness (QED) is 0.167. The third kappa shape index (κ3) is 172. The number of methoxy groups -OCH3 is 2. The van der Waals surface area contributed by atoms with Crippen molar-refractivity contribution in [1.29, 1.82) is 0 Å². The van der Waals surface area contributed by atoms with Gasteiger partial charge in [0.05, 0.1) is 6.61 Å². The Morgan fingerprint density at radius 3 is 0.818 bits per heavy atom. The number of aryl methyl sites for hydroxylation is 3. The zero-order valence-corrected chi connectivity index (χ0v) is 78.6. The van der Waals surface area contributed by atoms with Crippen LogP contribution < -0.4 is 9.47 Å². The van der Waals surface area contributed by atoms with Gasteiger partial charge in [-0.1, -0.05) is 467 Å². The van der Waals surface area contributed by atoms with E-state index >= 15 is 0 Å². The number of fused-ring (bicyclic) bond motifs is 4. The largest absolute Gasteiger partial charge is 0.508 e. The van der Waals surface area contributed by atoms with E-state index in [0.29, 0.717) is 12.4 Å². The summed E-state index contributed by atoms with van der Waals surface area (Å²) in [6.45, 7) is 99.5. The van der Waals surface area contributed by atoms with Crippen molar-refractivity contribution in [2.24, 2.45) is 0 Å². The second-order valence-corrected chi connectivity index (χ2v) is 11.5. The smallest absolute Gasteiger partial charge is 0.126 e. The van der Waals surface area contributed by atoms with Crippen LogP contribution in [0, 0.1) is 6.92 Å². The third-order valence-electron chi connectivity index (χ3n) is 7.40. The molecule has 610 valence electrons. The molecule has 0 bridgehead atoms. The van der Waals surface area contributed by atoms with Crippen LogP contribution in [0.25, 0.3) is 6.08 Å². The Labute approximate surface area is 638 Å². The fraction of sp³-hybridized carbons (Fsp3) is 0.660. The Morgan fingerprint density at radius 1 is 0.293 bits per heavy atom. The number of phenols is 1. The molecule has 1 N–H and O–H groups in total. The SMILES string of the molecule is C.C1=Cc2ccccc2OC1.CC.CC.CC.CC.CC.CC.CC.CC.CC.CC.CC.CC.CC.CC.CC.CC.CC.CC.CC.CC.CC.CC.CC.CC.COC.COC.Cc1ccccc1O.c1cc2c(c3c1CCCC3)OCCC2.c1ccccc1.c1ccccc1. The summed E-state index contributed by atoms with van der Waals surface area (Å²) in [7, 11) is 6.50. The van der Waals surface area contributed by atoms with E-state index in [2.05, 4.69) is 27.7 Å². The number of aromatic hydroxyl groups is 1. The standard InChI is InChI=1S/C13H16O.C9H8O.C7H8O.2C6H6.2C2H6O.24C2H6.CH4/c1-2-6-12-10(4-1)7-8-11-5-3-9-14-13(11)12;1-2-6-9-8(4-1)5-3-7-10-9;1-6-4-2-3-5-7(6)8;2*1-2-4-6-5-3-1;2*1-3-2;24*1-2;/h7-8H,1-6,9H2;1-6H,7H2;2-5,8H,1H3;2*1-6H;2*1-2H3;24*1-2H3;1H4. The molecule has 0 saturated heterocycles. The average Bonchev–Trinajstić information content (AvgIpc) is 0.809. The first-order valence-corrected chi connectivity index (χ1v) is 41.2. The lowest BCUT2D eigenvalue weighted by Crippen LogP contribution is -2.13. The maximum atomic E-state index is 8.92. The van der Waals surface area contributed by atoms with Crippen molar-refractivity contribution in [3.63, 3.8) is 0 Å². The molecule has 2 heterocycles. The van der Waals surface area contributed by atoms with E-state index in [0.717, 1.165) is 17.9 Å². The summed E-state index contributed by atoms with van der Waals surface area (Å²) in [5, 5.41) is 8.92. The molecule has 8 rings (SSSR count). The van der Waals surface area contributed by atoms with Crippen LogP contribution >= 0.6 is 0 Å². The topological polar surface area (TPSA) is 57.2 Å². The maximum absolute atomic E-state index is 8.92. The predicted molar refractivity (Wildman–Crippen MR) is 489 cm³/mol. The summed E-state index contributed by atoms with van der Waals surface area (Å²) in [6, 6.07) is 43.9. The molecule has 0 amide bonds. The van der Waals surface area contributed by atoms with E-state index in [1.54, 1.807) is 34.5 Å². The third-order valence-corrected chi connectivity index (χ3v) is 7.40. The van der Waals surface area contributed by atoms with Crippen LogP contribution in [0.15, 0.2) is 140 Å². The van der Waals surface area contributed by atoms with Crippen LogP contribution in [0.2, 0.25) is 0 Å². The molecular formula is C94H204O5. The molecule has 99 heavy (non-hydrogen) atoms. The molecular weight excluding hydrogens is 1210 g/mol. The zero-order chi connectivity index (χ0) is 84.1. The summed E-state index contributed by atoms with van der Waals surface area (Å²) >= 11 is 0. The normalized spacial score (nSPS) is 7.69. The Hall–Kier alpha value is -4.84. The summed E-state index contributed by atoms with van der Waals surface area (Å²) in [5.41, 5.74) is 6.60.